The predicted molar refractivity (Wildman–Crippen MR) is 101 cm³/mol. The first-order chi connectivity index (χ1) is 13.8. The molecule has 0 saturated carbocycles. The van der Waals surface area contributed by atoms with Crippen molar-refractivity contribution in [1.82, 2.24) is 16.0 Å². The molecule has 0 aromatic rings. The Balaban J connectivity index is 5.42. The zero-order chi connectivity index (χ0) is 23.6. The zero-order valence-corrected chi connectivity index (χ0v) is 16.6. The number of carboxylic acid groups (broad SMARTS) is 1. The van der Waals surface area contributed by atoms with Gasteiger partial charge in [0.2, 0.25) is 29.5 Å². The largest absolute Gasteiger partial charge is 0.480 e. The van der Waals surface area contributed by atoms with Gasteiger partial charge in [0.25, 0.3) is 0 Å². The number of rotatable bonds is 13. The van der Waals surface area contributed by atoms with Gasteiger partial charge in [-0.2, -0.15) is 0 Å². The van der Waals surface area contributed by atoms with Gasteiger partial charge in [0, 0.05) is 0 Å². The first-order valence-corrected chi connectivity index (χ1v) is 8.87. The average Bonchev–Trinajstić information content (AvgIpc) is 2.62. The second-order valence-corrected chi connectivity index (χ2v) is 6.82. The number of amides is 5. The van der Waals surface area contributed by atoms with Crippen molar-refractivity contribution in [1.29, 1.82) is 0 Å². The second-order valence-electron chi connectivity index (χ2n) is 6.82. The van der Waals surface area contributed by atoms with E-state index in [4.69, 9.17) is 27.4 Å². The number of aliphatic carboxylic acids is 1. The number of nitrogens with two attached hydrogens (primary N) is 3. The quantitative estimate of drug-likeness (QED) is 0.139. The Bertz CT molecular complexity index is 683. The molecule has 0 aliphatic heterocycles. The van der Waals surface area contributed by atoms with Gasteiger partial charge >= 0.3 is 5.97 Å². The molecule has 0 bridgehead atoms. The Morgan fingerprint density at radius 3 is 1.67 bits per heavy atom. The van der Waals surface area contributed by atoms with Gasteiger partial charge in [0.15, 0.2) is 0 Å². The molecule has 0 radical (unpaired) electrons. The molecule has 170 valence electrons. The minimum atomic E-state index is -1.61. The van der Waals surface area contributed by atoms with E-state index in [2.05, 4.69) is 16.0 Å². The van der Waals surface area contributed by atoms with Gasteiger partial charge in [-0.1, -0.05) is 13.8 Å². The normalized spacial score (nSPS) is 14.7. The summed E-state index contributed by atoms with van der Waals surface area (Å²) in [5.74, 6) is -6.79. The predicted octanol–water partition coefficient (Wildman–Crippen LogP) is -4.75. The fourth-order valence-electron chi connectivity index (χ4n) is 2.22. The van der Waals surface area contributed by atoms with E-state index in [1.807, 2.05) is 0 Å². The topological polar surface area (TPSA) is 257 Å². The number of hydrogen-bond donors (Lipinski definition) is 8. The zero-order valence-electron chi connectivity index (χ0n) is 16.6. The highest BCUT2D eigenvalue weighted by Crippen LogP contribution is 2.05. The molecule has 14 heteroatoms. The summed E-state index contributed by atoms with van der Waals surface area (Å²) in [4.78, 5) is 70.2. The van der Waals surface area contributed by atoms with Crippen LogP contribution in [0, 0.1) is 5.92 Å². The number of aliphatic hydroxyl groups is 1. The smallest absolute Gasteiger partial charge is 0.326 e. The molecule has 0 aliphatic rings. The van der Waals surface area contributed by atoms with Crippen LogP contribution in [0.5, 0.6) is 0 Å². The van der Waals surface area contributed by atoms with Crippen LogP contribution in [0.3, 0.4) is 0 Å². The molecule has 0 aromatic heterocycles. The minimum absolute atomic E-state index is 0.554. The van der Waals surface area contributed by atoms with Crippen molar-refractivity contribution in [3.63, 3.8) is 0 Å². The number of hydrogen-bond acceptors (Lipinski definition) is 8. The van der Waals surface area contributed by atoms with Gasteiger partial charge in [-0.25, -0.2) is 4.79 Å². The van der Waals surface area contributed by atoms with Gasteiger partial charge < -0.3 is 43.4 Å². The van der Waals surface area contributed by atoms with Crippen LogP contribution in [0.2, 0.25) is 0 Å². The van der Waals surface area contributed by atoms with Gasteiger partial charge in [0.1, 0.15) is 24.2 Å². The van der Waals surface area contributed by atoms with Crippen LogP contribution in [-0.4, -0.2) is 76.5 Å². The monoisotopic (exact) mass is 432 g/mol. The van der Waals surface area contributed by atoms with Crippen LogP contribution in [0.1, 0.15) is 26.7 Å². The van der Waals surface area contributed by atoms with Gasteiger partial charge in [0.05, 0.1) is 19.4 Å². The first kappa shape index (κ1) is 26.7. The fourth-order valence-corrected chi connectivity index (χ4v) is 2.22. The second kappa shape index (κ2) is 12.3. The van der Waals surface area contributed by atoms with Crippen LogP contribution in [0.25, 0.3) is 0 Å². The average molecular weight is 432 g/mol. The maximum atomic E-state index is 12.5. The molecule has 0 spiro atoms. The Morgan fingerprint density at radius 1 is 0.800 bits per heavy atom. The maximum Gasteiger partial charge on any atom is 0.326 e. The molecule has 4 atom stereocenters. The number of carbonyl (C=O) groups is 6. The van der Waals surface area contributed by atoms with Crippen molar-refractivity contribution in [2.75, 3.05) is 6.61 Å². The molecule has 0 aliphatic carbocycles. The van der Waals surface area contributed by atoms with Crippen molar-refractivity contribution in [3.8, 4) is 0 Å². The van der Waals surface area contributed by atoms with Gasteiger partial charge in [-0.15, -0.1) is 0 Å². The van der Waals surface area contributed by atoms with Crippen LogP contribution >= 0.6 is 0 Å². The summed E-state index contributed by atoms with van der Waals surface area (Å²) in [6, 6.07) is -5.76. The molecule has 0 aromatic carbocycles. The lowest BCUT2D eigenvalue weighted by molar-refractivity contribution is -0.144. The molecule has 14 nitrogen and oxygen atoms in total. The summed E-state index contributed by atoms with van der Waals surface area (Å²) in [6.45, 7) is 2.36. The number of nitrogens with one attached hydrogen (secondary N) is 3. The molecule has 0 saturated heterocycles. The Hall–Kier alpha value is -3.26. The van der Waals surface area contributed by atoms with E-state index in [1.165, 1.54) is 13.8 Å². The standard InChI is InChI=1S/C16H28N6O8/c1-6(2)12(15(28)21-9(16(29)30)4-11(19)25)22-14(27)8(3-10(18)24)20-13(26)7(17)5-23/h6-9,12,23H,3-5,17H2,1-2H3,(H2,18,24)(H2,19,25)(H,20,26)(H,21,28)(H,22,27)(H,29,30). The molecule has 0 heterocycles. The summed E-state index contributed by atoms with van der Waals surface area (Å²) in [6.07, 6.45) is -1.29. The van der Waals surface area contributed by atoms with Gasteiger partial charge in [-0.05, 0) is 5.92 Å². The third-order valence-corrected chi connectivity index (χ3v) is 3.84. The van der Waals surface area contributed by atoms with E-state index in [1.54, 1.807) is 0 Å². The lowest BCUT2D eigenvalue weighted by Gasteiger charge is -2.26. The van der Waals surface area contributed by atoms with Crippen LogP contribution in [0.4, 0.5) is 0 Å². The Kier molecular flexibility index (Phi) is 11.0. The molecule has 0 rings (SSSR count). The molecule has 4 unspecified atom stereocenters. The Labute approximate surface area is 171 Å². The lowest BCUT2D eigenvalue weighted by atomic mass is 10.0. The van der Waals surface area contributed by atoms with Crippen LogP contribution in [0.15, 0.2) is 0 Å². The van der Waals surface area contributed by atoms with E-state index in [-0.39, 0.29) is 0 Å². The summed E-state index contributed by atoms with van der Waals surface area (Å²) in [5, 5.41) is 24.5. The summed E-state index contributed by atoms with van der Waals surface area (Å²) < 4.78 is 0. The van der Waals surface area contributed by atoms with Gasteiger partial charge in [-0.3, -0.25) is 24.0 Å². The van der Waals surface area contributed by atoms with Crippen molar-refractivity contribution in [2.45, 2.75) is 50.9 Å². The molecule has 0 fully saturated rings. The van der Waals surface area contributed by atoms with E-state index in [0.29, 0.717) is 0 Å². The molecular weight excluding hydrogens is 404 g/mol. The summed E-state index contributed by atoms with van der Waals surface area (Å²) in [7, 11) is 0. The van der Waals surface area contributed by atoms with Crippen LogP contribution < -0.4 is 33.2 Å². The fraction of sp³-hybridized carbons (Fsp3) is 0.625. The van der Waals surface area contributed by atoms with E-state index >= 15 is 0 Å². The van der Waals surface area contributed by atoms with E-state index in [9.17, 15) is 28.8 Å². The Morgan fingerprint density at radius 2 is 1.27 bits per heavy atom. The molecule has 30 heavy (non-hydrogen) atoms. The summed E-state index contributed by atoms with van der Waals surface area (Å²) in [5.41, 5.74) is 15.4. The number of aliphatic hydroxyl groups excluding tert-OH is 1. The minimum Gasteiger partial charge on any atom is -0.480 e. The van der Waals surface area contributed by atoms with Crippen molar-refractivity contribution in [3.05, 3.63) is 0 Å². The molecule has 11 N–H and O–H groups in total. The highest BCUT2D eigenvalue weighted by molar-refractivity contribution is 5.96. The first-order valence-electron chi connectivity index (χ1n) is 8.87. The van der Waals surface area contributed by atoms with Crippen molar-refractivity contribution < 1.29 is 39.0 Å². The number of carboxylic acids is 1. The molecule has 5 amide bonds. The highest BCUT2D eigenvalue weighted by atomic mass is 16.4. The molecular formula is C16H28N6O8. The van der Waals surface area contributed by atoms with E-state index in [0.717, 1.165) is 0 Å². The van der Waals surface area contributed by atoms with E-state index < -0.39 is 85.0 Å². The van der Waals surface area contributed by atoms with Crippen molar-refractivity contribution in [2.24, 2.45) is 23.1 Å². The third-order valence-electron chi connectivity index (χ3n) is 3.84. The lowest BCUT2D eigenvalue weighted by Crippen LogP contribution is -2.59. The highest BCUT2D eigenvalue weighted by Gasteiger charge is 2.32. The SMILES string of the molecule is CC(C)C(NC(=O)C(CC(N)=O)NC(=O)C(N)CO)C(=O)NC(CC(N)=O)C(=O)O. The number of primary amides is 2. The number of carbonyl (C=O) groups excluding carboxylic acids is 5. The van der Waals surface area contributed by atoms with Crippen molar-refractivity contribution >= 4 is 35.5 Å². The van der Waals surface area contributed by atoms with Crippen LogP contribution in [-0.2, 0) is 28.8 Å². The maximum absolute atomic E-state index is 12.5. The third kappa shape index (κ3) is 9.29. The summed E-state index contributed by atoms with van der Waals surface area (Å²) >= 11 is 0.